The monoisotopic (exact) mass is 166 g/mol. The van der Waals surface area contributed by atoms with Crippen molar-refractivity contribution in [2.24, 2.45) is 17.3 Å². The van der Waals surface area contributed by atoms with Crippen molar-refractivity contribution >= 4 is 5.78 Å². The molecule has 0 spiro atoms. The fourth-order valence-electron chi connectivity index (χ4n) is 2.42. The second-order valence-electron chi connectivity index (χ2n) is 4.39. The van der Waals surface area contributed by atoms with E-state index in [1.165, 1.54) is 0 Å². The number of aliphatic hydroxyl groups excluding tert-OH is 1. The Balaban J connectivity index is 2.23. The Morgan fingerprint density at radius 1 is 1.67 bits per heavy atom. The molecule has 12 heavy (non-hydrogen) atoms. The quantitative estimate of drug-likeness (QED) is 0.634. The van der Waals surface area contributed by atoms with E-state index in [4.69, 9.17) is 5.11 Å². The third kappa shape index (κ3) is 0.816. The molecule has 2 heteroatoms. The maximum Gasteiger partial charge on any atom is 0.164 e. The summed E-state index contributed by atoms with van der Waals surface area (Å²) in [6, 6.07) is 0. The van der Waals surface area contributed by atoms with E-state index >= 15 is 0 Å². The molecule has 2 aliphatic carbocycles. The van der Waals surface area contributed by atoms with Crippen LogP contribution in [0.15, 0.2) is 11.6 Å². The zero-order valence-electron chi connectivity index (χ0n) is 7.50. The molecule has 2 aliphatic rings. The molecule has 66 valence electrons. The van der Waals surface area contributed by atoms with Crippen molar-refractivity contribution in [2.75, 3.05) is 6.61 Å². The first-order chi connectivity index (χ1) is 5.59. The molecule has 2 atom stereocenters. The summed E-state index contributed by atoms with van der Waals surface area (Å²) in [5.41, 5.74) is 0.812. The van der Waals surface area contributed by atoms with Crippen LogP contribution in [0, 0.1) is 17.3 Å². The van der Waals surface area contributed by atoms with Crippen LogP contribution in [0.25, 0.3) is 0 Å². The minimum Gasteiger partial charge on any atom is -0.392 e. The molecule has 0 aromatic rings. The largest absolute Gasteiger partial charge is 0.392 e. The summed E-state index contributed by atoms with van der Waals surface area (Å²) in [7, 11) is 0. The summed E-state index contributed by atoms with van der Waals surface area (Å²) in [5, 5.41) is 8.88. The molecule has 2 rings (SSSR count). The van der Waals surface area contributed by atoms with E-state index in [0.717, 1.165) is 6.42 Å². The van der Waals surface area contributed by atoms with Gasteiger partial charge < -0.3 is 5.11 Å². The third-order valence-electron chi connectivity index (χ3n) is 3.44. The summed E-state index contributed by atoms with van der Waals surface area (Å²) >= 11 is 0. The molecule has 2 nitrogen and oxygen atoms in total. The number of allylic oxidation sites excluding steroid dienone is 1. The number of Topliss-reactive ketones (excluding diaryl/α,β-unsaturated/α-hetero) is 1. The van der Waals surface area contributed by atoms with Crippen LogP contribution in [0.2, 0.25) is 0 Å². The fourth-order valence-corrected chi connectivity index (χ4v) is 2.42. The molecule has 0 aliphatic heterocycles. The van der Waals surface area contributed by atoms with Gasteiger partial charge in [-0.05, 0) is 17.8 Å². The van der Waals surface area contributed by atoms with E-state index in [1.54, 1.807) is 0 Å². The van der Waals surface area contributed by atoms with Crippen LogP contribution < -0.4 is 0 Å². The van der Waals surface area contributed by atoms with Crippen molar-refractivity contribution in [3.05, 3.63) is 11.6 Å². The maximum absolute atomic E-state index is 11.6. The minimum atomic E-state index is -0.0852. The Morgan fingerprint density at radius 2 is 2.33 bits per heavy atom. The lowest BCUT2D eigenvalue weighted by Crippen LogP contribution is -2.14. The van der Waals surface area contributed by atoms with Crippen LogP contribution in [0.5, 0.6) is 0 Å². The van der Waals surface area contributed by atoms with Crippen LogP contribution in [0.3, 0.4) is 0 Å². The normalized spacial score (nSPS) is 37.2. The number of ketones is 1. The van der Waals surface area contributed by atoms with Gasteiger partial charge in [-0.3, -0.25) is 4.79 Å². The first kappa shape index (κ1) is 7.99. The second kappa shape index (κ2) is 2.19. The van der Waals surface area contributed by atoms with Gasteiger partial charge in [0.25, 0.3) is 0 Å². The van der Waals surface area contributed by atoms with Gasteiger partial charge in [-0.25, -0.2) is 0 Å². The van der Waals surface area contributed by atoms with Gasteiger partial charge in [0, 0.05) is 11.5 Å². The van der Waals surface area contributed by atoms with Gasteiger partial charge in [0.2, 0.25) is 0 Å². The lowest BCUT2D eigenvalue weighted by Gasteiger charge is -2.06. The van der Waals surface area contributed by atoms with E-state index in [9.17, 15) is 4.79 Å². The van der Waals surface area contributed by atoms with E-state index in [-0.39, 0.29) is 23.7 Å². The van der Waals surface area contributed by atoms with E-state index in [0.29, 0.717) is 11.5 Å². The molecule has 1 fully saturated rings. The zero-order chi connectivity index (χ0) is 8.93. The van der Waals surface area contributed by atoms with Crippen molar-refractivity contribution in [3.63, 3.8) is 0 Å². The molecule has 0 unspecified atom stereocenters. The zero-order valence-corrected chi connectivity index (χ0v) is 7.50. The standard InChI is InChI=1S/C10H14O2/c1-10(2)7-4-3-6(5-11)9(12)8(7)10/h3,7-8,11H,4-5H2,1-2H3/t7-,8-/m0/s1. The highest BCUT2D eigenvalue weighted by Gasteiger charge is 2.62. The van der Waals surface area contributed by atoms with Crippen molar-refractivity contribution < 1.29 is 9.90 Å². The molecule has 0 aromatic heterocycles. The highest BCUT2D eigenvalue weighted by molar-refractivity contribution is 6.01. The Bertz CT molecular complexity index is 263. The Kier molecular flexibility index (Phi) is 1.46. The van der Waals surface area contributed by atoms with Gasteiger partial charge in [0.05, 0.1) is 6.61 Å². The van der Waals surface area contributed by atoms with Crippen molar-refractivity contribution in [2.45, 2.75) is 20.3 Å². The minimum absolute atomic E-state index is 0.0852. The van der Waals surface area contributed by atoms with Gasteiger partial charge in [-0.2, -0.15) is 0 Å². The molecule has 0 bridgehead atoms. The molecular weight excluding hydrogens is 152 g/mol. The van der Waals surface area contributed by atoms with Gasteiger partial charge in [-0.15, -0.1) is 0 Å². The molecule has 0 heterocycles. The third-order valence-corrected chi connectivity index (χ3v) is 3.44. The summed E-state index contributed by atoms with van der Waals surface area (Å²) in [5.74, 6) is 0.920. The average molecular weight is 166 g/mol. The number of fused-ring (bicyclic) bond motifs is 1. The Morgan fingerprint density at radius 3 is 2.92 bits per heavy atom. The first-order valence-corrected chi connectivity index (χ1v) is 4.43. The highest BCUT2D eigenvalue weighted by atomic mass is 16.3. The Labute approximate surface area is 72.3 Å². The van der Waals surface area contributed by atoms with Crippen LogP contribution in [-0.2, 0) is 4.79 Å². The summed E-state index contributed by atoms with van der Waals surface area (Å²) in [4.78, 5) is 11.6. The number of carbonyl (C=O) groups is 1. The van der Waals surface area contributed by atoms with Crippen LogP contribution in [0.4, 0.5) is 0 Å². The fraction of sp³-hybridized carbons (Fsp3) is 0.700. The number of rotatable bonds is 1. The lowest BCUT2D eigenvalue weighted by atomic mass is 9.99. The Hall–Kier alpha value is -0.630. The molecule has 0 saturated heterocycles. The van der Waals surface area contributed by atoms with E-state index < -0.39 is 0 Å². The molecule has 0 amide bonds. The molecule has 0 aromatic carbocycles. The first-order valence-electron chi connectivity index (χ1n) is 4.43. The summed E-state index contributed by atoms with van der Waals surface area (Å²) in [6.45, 7) is 4.18. The number of carbonyl (C=O) groups excluding carboxylic acids is 1. The SMILES string of the molecule is CC1(C)[C@@H]2C(=O)C(CO)=CC[C@@H]21. The van der Waals surface area contributed by atoms with Crippen molar-refractivity contribution in [1.82, 2.24) is 0 Å². The number of aliphatic hydroxyl groups is 1. The van der Waals surface area contributed by atoms with Gasteiger partial charge in [0.1, 0.15) is 0 Å². The lowest BCUT2D eigenvalue weighted by molar-refractivity contribution is -0.118. The average Bonchev–Trinajstić information content (AvgIpc) is 2.56. The van der Waals surface area contributed by atoms with E-state index in [2.05, 4.69) is 13.8 Å². The van der Waals surface area contributed by atoms with Crippen LogP contribution in [-0.4, -0.2) is 17.5 Å². The molecule has 1 saturated carbocycles. The second-order valence-corrected chi connectivity index (χ2v) is 4.39. The van der Waals surface area contributed by atoms with Crippen molar-refractivity contribution in [1.29, 1.82) is 0 Å². The predicted octanol–water partition coefficient (Wildman–Crippen LogP) is 1.15. The molecule has 1 N–H and O–H groups in total. The number of hydrogen-bond donors (Lipinski definition) is 1. The van der Waals surface area contributed by atoms with Crippen LogP contribution in [0.1, 0.15) is 20.3 Å². The number of hydrogen-bond acceptors (Lipinski definition) is 2. The predicted molar refractivity (Wildman–Crippen MR) is 45.6 cm³/mol. The summed E-state index contributed by atoms with van der Waals surface area (Å²) in [6.07, 6.45) is 2.87. The van der Waals surface area contributed by atoms with E-state index in [1.807, 2.05) is 6.08 Å². The maximum atomic E-state index is 11.6. The molecular formula is C10H14O2. The smallest absolute Gasteiger partial charge is 0.164 e. The highest BCUT2D eigenvalue weighted by Crippen LogP contribution is 2.62. The molecule has 0 radical (unpaired) electrons. The topological polar surface area (TPSA) is 37.3 Å². The van der Waals surface area contributed by atoms with Gasteiger partial charge >= 0.3 is 0 Å². The summed E-state index contributed by atoms with van der Waals surface area (Å²) < 4.78 is 0. The van der Waals surface area contributed by atoms with Gasteiger partial charge in [-0.1, -0.05) is 19.9 Å². The van der Waals surface area contributed by atoms with Crippen molar-refractivity contribution in [3.8, 4) is 0 Å². The van der Waals surface area contributed by atoms with Gasteiger partial charge in [0.15, 0.2) is 5.78 Å². The van der Waals surface area contributed by atoms with Crippen LogP contribution >= 0.6 is 0 Å².